The molecule has 10 heteroatoms. The summed E-state index contributed by atoms with van der Waals surface area (Å²) >= 11 is 0. The van der Waals surface area contributed by atoms with E-state index in [-0.39, 0.29) is 11.5 Å². The van der Waals surface area contributed by atoms with Gasteiger partial charge in [0, 0.05) is 0 Å². The summed E-state index contributed by atoms with van der Waals surface area (Å²) in [5.41, 5.74) is 7.08. The van der Waals surface area contributed by atoms with Crippen molar-refractivity contribution in [2.75, 3.05) is 11.5 Å². The highest BCUT2D eigenvalue weighted by molar-refractivity contribution is 7.86. The average Bonchev–Trinajstić information content (AvgIpc) is 2.23. The molecule has 0 heterocycles. The highest BCUT2D eigenvalue weighted by Crippen LogP contribution is 1.91. The highest BCUT2D eigenvalue weighted by atomic mass is 32.2. The summed E-state index contributed by atoms with van der Waals surface area (Å²) in [6.07, 6.45) is 2.66. The molecule has 0 atom stereocenters. The van der Waals surface area contributed by atoms with Gasteiger partial charge in [-0.3, -0.25) is 9.11 Å². The van der Waals surface area contributed by atoms with Crippen molar-refractivity contribution in [3.63, 3.8) is 0 Å². The predicted octanol–water partition coefficient (Wildman–Crippen LogP) is 1.27. The molecule has 0 aromatic carbocycles. The van der Waals surface area contributed by atoms with E-state index < -0.39 is 20.2 Å². The third-order valence-electron chi connectivity index (χ3n) is 1.51. The first-order valence-electron chi connectivity index (χ1n) is 5.54. The van der Waals surface area contributed by atoms with Crippen molar-refractivity contribution in [1.29, 1.82) is 0 Å². The van der Waals surface area contributed by atoms with Crippen LogP contribution in [0.15, 0.2) is 0 Å². The maximum atomic E-state index is 9.95. The maximum absolute atomic E-state index is 9.95. The molecule has 0 saturated heterocycles. The van der Waals surface area contributed by atoms with Gasteiger partial charge in [-0.15, -0.1) is 0 Å². The second-order valence-corrected chi connectivity index (χ2v) is 6.56. The average molecular weight is 318 g/mol. The SMILES string of the molecule is C=[N+]=[N-].CCCCS(=O)(=O)O.CCCCS(=O)(=O)O. The van der Waals surface area contributed by atoms with Gasteiger partial charge >= 0.3 is 0 Å². The fraction of sp³-hybridized carbons (Fsp3) is 0.889. The molecule has 0 aliphatic rings. The van der Waals surface area contributed by atoms with E-state index in [9.17, 15) is 16.8 Å². The second-order valence-electron chi connectivity index (χ2n) is 3.42. The van der Waals surface area contributed by atoms with Crippen LogP contribution in [0.5, 0.6) is 0 Å². The molecule has 0 spiro atoms. The lowest BCUT2D eigenvalue weighted by molar-refractivity contribution is 0.0110. The number of hydrogen-bond acceptors (Lipinski definition) is 4. The molecule has 2 N–H and O–H groups in total. The molecule has 116 valence electrons. The van der Waals surface area contributed by atoms with Crippen LogP contribution < -0.4 is 0 Å². The Morgan fingerprint density at radius 2 is 1.16 bits per heavy atom. The van der Waals surface area contributed by atoms with Crippen molar-refractivity contribution < 1.29 is 30.7 Å². The predicted molar refractivity (Wildman–Crippen MR) is 73.4 cm³/mol. The molecule has 19 heavy (non-hydrogen) atoms. The molecule has 0 bridgehead atoms. The molecular weight excluding hydrogens is 296 g/mol. The Hall–Kier alpha value is -0.800. The summed E-state index contributed by atoms with van der Waals surface area (Å²) in [5.74, 6) is -0.215. The van der Waals surface area contributed by atoms with Gasteiger partial charge in [0.25, 0.3) is 20.2 Å². The summed E-state index contributed by atoms with van der Waals surface area (Å²) in [6.45, 7) is 6.40. The molecule has 8 nitrogen and oxygen atoms in total. The second kappa shape index (κ2) is 13.6. The zero-order chi connectivity index (χ0) is 15.9. The summed E-state index contributed by atoms with van der Waals surface area (Å²) in [5, 5.41) is 0. The Bertz CT molecular complexity index is 388. The first-order chi connectivity index (χ1) is 8.54. The monoisotopic (exact) mass is 318 g/mol. The van der Waals surface area contributed by atoms with Gasteiger partial charge in [0.05, 0.1) is 11.5 Å². The van der Waals surface area contributed by atoms with Crippen LogP contribution in [0.1, 0.15) is 39.5 Å². The molecular formula is C9H22N2O6S2. The minimum absolute atomic E-state index is 0.108. The van der Waals surface area contributed by atoms with Crippen LogP contribution in [-0.4, -0.2) is 49.0 Å². The quantitative estimate of drug-likeness (QED) is 0.326. The molecule has 0 unspecified atom stereocenters. The number of hydrogen-bond donors (Lipinski definition) is 2. The molecule has 0 aliphatic carbocycles. The van der Waals surface area contributed by atoms with E-state index >= 15 is 0 Å². The van der Waals surface area contributed by atoms with Crippen LogP contribution in [0.2, 0.25) is 0 Å². The van der Waals surface area contributed by atoms with Crippen LogP contribution in [0.3, 0.4) is 0 Å². The Labute approximate surface area is 115 Å². The van der Waals surface area contributed by atoms with Gasteiger partial charge < -0.3 is 5.53 Å². The van der Waals surface area contributed by atoms with Crippen LogP contribution in [0.25, 0.3) is 5.53 Å². The summed E-state index contributed by atoms with van der Waals surface area (Å²) < 4.78 is 56.0. The van der Waals surface area contributed by atoms with Crippen molar-refractivity contribution in [2.24, 2.45) is 0 Å². The first kappa shape index (κ1) is 23.3. The lowest BCUT2D eigenvalue weighted by Crippen LogP contribution is -2.02. The number of rotatable bonds is 6. The molecule has 0 amide bonds. The molecule has 0 fully saturated rings. The molecule has 0 aromatic heterocycles. The fourth-order valence-corrected chi connectivity index (χ4v) is 1.96. The van der Waals surface area contributed by atoms with Crippen LogP contribution in [0, 0.1) is 0 Å². The van der Waals surface area contributed by atoms with Gasteiger partial charge in [-0.25, -0.2) is 0 Å². The smallest absolute Gasteiger partial charge is 0.264 e. The zero-order valence-corrected chi connectivity index (χ0v) is 12.8. The molecule has 0 rings (SSSR count). The van der Waals surface area contributed by atoms with E-state index in [1.165, 1.54) is 0 Å². The molecule has 0 saturated carbocycles. The summed E-state index contributed by atoms with van der Waals surface area (Å²) in [4.78, 5) is 2.25. The van der Waals surface area contributed by atoms with Crippen molar-refractivity contribution in [3.8, 4) is 0 Å². The van der Waals surface area contributed by atoms with Crippen molar-refractivity contribution in [2.45, 2.75) is 39.5 Å². The van der Waals surface area contributed by atoms with Gasteiger partial charge in [-0.1, -0.05) is 26.7 Å². The van der Waals surface area contributed by atoms with Crippen molar-refractivity contribution in [3.05, 3.63) is 5.53 Å². The number of unbranched alkanes of at least 4 members (excludes halogenated alkanes) is 2. The van der Waals surface area contributed by atoms with Crippen LogP contribution in [0.4, 0.5) is 0 Å². The van der Waals surface area contributed by atoms with E-state index in [1.807, 2.05) is 13.8 Å². The third-order valence-corrected chi connectivity index (χ3v) is 3.12. The standard InChI is InChI=1S/2C4H10O3S.CH2N2/c2*1-2-3-4-8(5,6)7;1-3-2/h2*2-4H2,1H3,(H,5,6,7);1H2. The van der Waals surface area contributed by atoms with Crippen LogP contribution in [-0.2, 0) is 20.2 Å². The number of nitrogens with zero attached hydrogens (tertiary/aromatic N) is 2. The summed E-state index contributed by atoms with van der Waals surface area (Å²) in [7, 11) is -7.37. The lowest BCUT2D eigenvalue weighted by atomic mass is 10.4. The summed E-state index contributed by atoms with van der Waals surface area (Å²) in [6, 6.07) is 0. The van der Waals surface area contributed by atoms with E-state index in [0.717, 1.165) is 12.8 Å². The van der Waals surface area contributed by atoms with Crippen LogP contribution >= 0.6 is 0 Å². The molecule has 0 aliphatic heterocycles. The Balaban J connectivity index is -0.000000224. The Kier molecular flexibility index (Phi) is 16.7. The van der Waals surface area contributed by atoms with Gasteiger partial charge in [0.1, 0.15) is 0 Å². The molecule has 0 aromatic rings. The molecule has 0 radical (unpaired) electrons. The van der Waals surface area contributed by atoms with Gasteiger partial charge in [-0.2, -0.15) is 21.6 Å². The van der Waals surface area contributed by atoms with Crippen molar-refractivity contribution in [1.82, 2.24) is 0 Å². The van der Waals surface area contributed by atoms with E-state index in [0.29, 0.717) is 12.8 Å². The van der Waals surface area contributed by atoms with E-state index in [1.54, 1.807) is 0 Å². The lowest BCUT2D eigenvalue weighted by Gasteiger charge is -1.90. The topological polar surface area (TPSA) is 145 Å². The highest BCUT2D eigenvalue weighted by Gasteiger charge is 2.00. The van der Waals surface area contributed by atoms with E-state index in [2.05, 4.69) is 11.5 Å². The first-order valence-corrected chi connectivity index (χ1v) is 8.76. The third kappa shape index (κ3) is 47.0. The minimum Gasteiger partial charge on any atom is -0.362 e. The Morgan fingerprint density at radius 3 is 1.21 bits per heavy atom. The normalized spacial score (nSPS) is 10.3. The van der Waals surface area contributed by atoms with Gasteiger partial charge in [0.15, 0.2) is 0 Å². The zero-order valence-electron chi connectivity index (χ0n) is 11.2. The fourth-order valence-electron chi connectivity index (χ4n) is 0.653. The van der Waals surface area contributed by atoms with E-state index in [4.69, 9.17) is 14.6 Å². The van der Waals surface area contributed by atoms with Crippen molar-refractivity contribution >= 4 is 27.0 Å². The Morgan fingerprint density at radius 1 is 0.947 bits per heavy atom. The van der Waals surface area contributed by atoms with Gasteiger partial charge in [0.2, 0.25) is 6.72 Å². The minimum atomic E-state index is -3.69. The van der Waals surface area contributed by atoms with Gasteiger partial charge in [-0.05, 0) is 12.8 Å². The largest absolute Gasteiger partial charge is 0.362 e. The maximum Gasteiger partial charge on any atom is 0.264 e.